The summed E-state index contributed by atoms with van der Waals surface area (Å²) in [4.78, 5) is 270. The number of carbonyl (C=O) groups excluding carboxylic acids is 18. The molecule has 7 atom stereocenters. The molecule has 0 bridgehead atoms. The van der Waals surface area contributed by atoms with Gasteiger partial charge in [0, 0.05) is 172 Å². The van der Waals surface area contributed by atoms with Gasteiger partial charge in [-0.3, -0.25) is 96.1 Å². The fourth-order valence-electron chi connectivity index (χ4n) is 21.3. The van der Waals surface area contributed by atoms with Crippen LogP contribution in [0.4, 0.5) is 8.78 Å². The van der Waals surface area contributed by atoms with Crippen LogP contribution in [0, 0.1) is 43.2 Å². The number of unbranched alkanes of at least 4 members (excludes halogenated alkanes) is 4. The molecular formula is C111H122F2N12O24. The van der Waals surface area contributed by atoms with Gasteiger partial charge in [0.1, 0.15) is 36.4 Å². The minimum atomic E-state index is -2.04. The highest BCUT2D eigenvalue weighted by molar-refractivity contribution is 6.13. The first-order valence-electron chi connectivity index (χ1n) is 51.2. The molecule has 0 spiro atoms. The zero-order valence-corrected chi connectivity index (χ0v) is 84.0. The number of benzene rings is 4. The molecule has 784 valence electrons. The molecule has 0 radical (unpaired) electrons. The van der Waals surface area contributed by atoms with Gasteiger partial charge in [0.2, 0.25) is 47.3 Å². The Labute approximate surface area is 856 Å². The van der Waals surface area contributed by atoms with Gasteiger partial charge >= 0.3 is 11.9 Å². The van der Waals surface area contributed by atoms with Gasteiger partial charge in [0.15, 0.2) is 34.3 Å². The van der Waals surface area contributed by atoms with E-state index in [1.165, 1.54) is 38.3 Å². The Morgan fingerprint density at radius 3 is 1.24 bits per heavy atom. The zero-order valence-electron chi connectivity index (χ0n) is 84.0. The van der Waals surface area contributed by atoms with E-state index in [-0.39, 0.29) is 268 Å². The molecule has 16 rings (SSSR count). The van der Waals surface area contributed by atoms with E-state index >= 15 is 8.78 Å². The molecule has 4 aromatic heterocycles. The number of ketones is 6. The number of Topliss-reactive ketones (excluding diaryl/α,β-unsaturated/α-hetero) is 6. The molecule has 1 unspecified atom stereocenters. The lowest BCUT2D eigenvalue weighted by Gasteiger charge is -2.31. The third-order valence-electron chi connectivity index (χ3n) is 29.7. The van der Waals surface area contributed by atoms with E-state index in [1.54, 1.807) is 71.0 Å². The highest BCUT2D eigenvalue weighted by atomic mass is 19.1. The number of amides is 10. The van der Waals surface area contributed by atoms with Gasteiger partial charge in [-0.15, -0.1) is 0 Å². The van der Waals surface area contributed by atoms with E-state index in [2.05, 4.69) is 31.9 Å². The van der Waals surface area contributed by atoms with Crippen molar-refractivity contribution in [1.29, 1.82) is 0 Å². The number of carbonyl (C=O) groups is 18. The molecular weight excluding hydrogens is 1920 g/mol. The molecule has 6 aliphatic heterocycles. The van der Waals surface area contributed by atoms with Gasteiger partial charge in [-0.05, 0) is 160 Å². The number of hydrogen-bond donors (Lipinski definition) is 8. The van der Waals surface area contributed by atoms with Gasteiger partial charge in [-0.2, -0.15) is 0 Å². The van der Waals surface area contributed by atoms with Gasteiger partial charge in [-0.1, -0.05) is 94.3 Å². The largest absolute Gasteiger partial charge is 0.458 e. The van der Waals surface area contributed by atoms with Gasteiger partial charge in [0.25, 0.3) is 22.9 Å². The standard InChI is InChI=1S/C56H63FN6O12.C55H59FN6O12/c1-4-56(74)41-25-45-51-39(29-63(45)54(72)40(41)30-75-55(56)73)50-43(19-18-38-32(3)42(57)26-44(61-51)49(38)50)60-47(68)16-11-15-36(65)27-59-52(70)34(23-33-12-7-5-8-13-33)24-37(66)28-58-46(67)20-17-35(64)14-9-6-10-21-62-48(69)22-31(2)53(62)71;1-3-55(73)40-25-44-51-38(29-62(44)53(71)39(40)30-74-54(55)72)50-42(18-17-37-31(2)41(56)26-43(60-51)49(37)50)59-46(67)15-10-14-35(64)27-58-52(70)33(23-32-11-6-4-7-12-32)24-36(65)28-57-45(66)19-16-34(63)13-8-5-9-22-61-47(68)20-21-48(61)69/h5,7-8,12-13,25-26,31,34,43,74H,4,6,9-11,14-24,27-30H2,1-3H3,(H,58,67)(H,59,70)(H,60,68);4,6-7,11-12,20-21,25-26,33,42,73H,3,5,8-10,13-19,22-24,27-30H2,1-2H3,(H,57,66)(H,58,70)(H,59,67)/t31?,34-,43+,56+;33-,42+,55+/m11/s1. The number of nitrogens with one attached hydrogen (secondary N) is 6. The number of cyclic esters (lactones) is 2. The normalized spacial score (nSPS) is 18.2. The van der Waals surface area contributed by atoms with Crippen molar-refractivity contribution in [1.82, 2.24) is 60.8 Å². The van der Waals surface area contributed by atoms with Crippen LogP contribution in [0.25, 0.3) is 44.6 Å². The maximum Gasteiger partial charge on any atom is 0.343 e. The fraction of sp³-hybridized carbons (Fsp3) is 0.459. The SMILES string of the molecule is CC[C@@]1(O)C(=O)OCc2c1cc1n(c2=O)Cc2c-1nc1cc(F)c(C)c3c1c2[C@@H](NC(=O)CCCC(=O)CNC(=O)[C@@H](CC(=O)CNC(=O)CCC(=O)CCCCCN1C(=O)C=CC1=O)Cc1ccccc1)CC3.CC[C@@]1(O)C(=O)OCc2c1cc1n(c2=O)Cc2c-1nc1cc(F)c(C)c3c1c2[C@@H](NC(=O)CCCC(=O)CNC(=O)[C@@H](CC(=O)CNC(=O)CCC(=O)CCCCCN1C(=O)CC(C)C1=O)Cc1ccccc1)CC3. The average Bonchev–Trinajstić information content (AvgIpc) is 1.58. The molecule has 8 N–H and O–H groups in total. The lowest BCUT2D eigenvalue weighted by molar-refractivity contribution is -0.172. The lowest BCUT2D eigenvalue weighted by atomic mass is 9.81. The lowest BCUT2D eigenvalue weighted by Crippen LogP contribution is -2.44. The summed E-state index contributed by atoms with van der Waals surface area (Å²) in [5.74, 6) is -10.2. The van der Waals surface area contributed by atoms with Crippen LogP contribution in [-0.2, 0) is 159 Å². The predicted octanol–water partition coefficient (Wildman–Crippen LogP) is 8.98. The number of imide groups is 2. The number of pyridine rings is 4. The first kappa shape index (κ1) is 108. The van der Waals surface area contributed by atoms with Crippen molar-refractivity contribution in [2.45, 2.75) is 270 Å². The summed E-state index contributed by atoms with van der Waals surface area (Å²) in [6.45, 7) is 7.11. The number of esters is 2. The quantitative estimate of drug-likeness (QED) is 0.0100. The van der Waals surface area contributed by atoms with E-state index in [4.69, 9.17) is 19.4 Å². The molecule has 149 heavy (non-hydrogen) atoms. The molecule has 10 amide bonds. The van der Waals surface area contributed by atoms with Crippen molar-refractivity contribution in [3.05, 3.63) is 207 Å². The number of aryl methyl sites for hydroxylation is 2. The van der Waals surface area contributed by atoms with Crippen LogP contribution in [-0.4, -0.2) is 184 Å². The molecule has 2 aliphatic carbocycles. The maximum absolute atomic E-state index is 15.4. The molecule has 1 saturated heterocycles. The molecule has 0 saturated carbocycles. The Balaban J connectivity index is 0.000000223. The molecule has 8 aromatic rings. The Kier molecular flexibility index (Phi) is 34.6. The number of aliphatic hydroxyl groups is 2. The predicted molar refractivity (Wildman–Crippen MR) is 535 cm³/mol. The number of ether oxygens (including phenoxy) is 2. The number of aromatic nitrogens is 4. The first-order chi connectivity index (χ1) is 71.3. The second-order valence-electron chi connectivity index (χ2n) is 39.8. The number of hydrogen-bond acceptors (Lipinski definition) is 26. The fourth-order valence-corrected chi connectivity index (χ4v) is 21.3. The maximum atomic E-state index is 15.4. The molecule has 38 heteroatoms. The third kappa shape index (κ3) is 24.4. The van der Waals surface area contributed by atoms with Gasteiger partial charge < -0.3 is 60.7 Å². The molecule has 8 aliphatic rings. The van der Waals surface area contributed by atoms with Crippen LogP contribution in [0.1, 0.15) is 271 Å². The number of nitrogens with zero attached hydrogens (tertiary/aromatic N) is 6. The van der Waals surface area contributed by atoms with Crippen LogP contribution in [0.3, 0.4) is 0 Å². The van der Waals surface area contributed by atoms with E-state index in [1.807, 2.05) is 36.4 Å². The van der Waals surface area contributed by atoms with Gasteiger partial charge in [0.05, 0.1) is 96.3 Å². The van der Waals surface area contributed by atoms with Crippen molar-refractivity contribution >= 4 is 128 Å². The summed E-state index contributed by atoms with van der Waals surface area (Å²) in [6.07, 6.45) is 8.15. The monoisotopic (exact) mass is 2040 g/mol. The number of halogens is 2. The summed E-state index contributed by atoms with van der Waals surface area (Å²) in [5.41, 5.74) is 4.45. The second kappa shape index (κ2) is 47.6. The molecule has 10 heterocycles. The van der Waals surface area contributed by atoms with Crippen LogP contribution in [0.5, 0.6) is 0 Å². The Morgan fingerprint density at radius 1 is 0.450 bits per heavy atom. The second-order valence-corrected chi connectivity index (χ2v) is 39.8. The first-order valence-corrected chi connectivity index (χ1v) is 51.2. The molecule has 1 fully saturated rings. The van der Waals surface area contributed by atoms with Crippen molar-refractivity contribution in [3.63, 3.8) is 0 Å². The topological polar surface area (TPSA) is 515 Å². The Morgan fingerprint density at radius 2 is 0.846 bits per heavy atom. The smallest absolute Gasteiger partial charge is 0.343 e. The van der Waals surface area contributed by atoms with Crippen LogP contribution in [0.15, 0.2) is 107 Å². The highest BCUT2D eigenvalue weighted by Gasteiger charge is 2.49. The Hall–Kier alpha value is -14.8. The minimum absolute atomic E-state index is 0.00934. The summed E-state index contributed by atoms with van der Waals surface area (Å²) in [5, 5.41) is 40.7. The summed E-state index contributed by atoms with van der Waals surface area (Å²) in [7, 11) is 0. The molecule has 4 aromatic carbocycles. The van der Waals surface area contributed by atoms with Crippen LogP contribution < -0.4 is 43.0 Å². The van der Waals surface area contributed by atoms with Gasteiger partial charge in [-0.25, -0.2) is 28.3 Å². The Bertz CT molecular complexity index is 6940. The zero-order chi connectivity index (χ0) is 107. The van der Waals surface area contributed by atoms with Crippen LogP contribution >= 0.6 is 0 Å². The summed E-state index contributed by atoms with van der Waals surface area (Å²) < 4.78 is 44.2. The van der Waals surface area contributed by atoms with Crippen molar-refractivity contribution < 1.29 is 115 Å². The van der Waals surface area contributed by atoms with Crippen molar-refractivity contribution in [3.8, 4) is 22.8 Å². The average molecular weight is 2050 g/mol. The number of rotatable bonds is 48. The van der Waals surface area contributed by atoms with E-state index < -0.39 is 105 Å². The van der Waals surface area contributed by atoms with E-state index in [9.17, 15) is 106 Å². The summed E-state index contributed by atoms with van der Waals surface area (Å²) in [6, 6.07) is 22.8. The molecule has 36 nitrogen and oxygen atoms in total. The van der Waals surface area contributed by atoms with Crippen LogP contribution in [0.2, 0.25) is 0 Å². The third-order valence-corrected chi connectivity index (χ3v) is 29.7. The number of fused-ring (bicyclic) bond motifs is 10. The highest BCUT2D eigenvalue weighted by Crippen LogP contribution is 2.49. The summed E-state index contributed by atoms with van der Waals surface area (Å²) >= 11 is 0. The van der Waals surface area contributed by atoms with E-state index in [0.29, 0.717) is 149 Å². The van der Waals surface area contributed by atoms with Crippen molar-refractivity contribution in [2.75, 3.05) is 39.3 Å². The van der Waals surface area contributed by atoms with Crippen molar-refractivity contribution in [2.24, 2.45) is 17.8 Å². The number of likely N-dealkylation sites (tertiary alicyclic amines) is 1. The van der Waals surface area contributed by atoms with E-state index in [0.717, 1.165) is 27.2 Å². The minimum Gasteiger partial charge on any atom is -0.458 e.